The summed E-state index contributed by atoms with van der Waals surface area (Å²) in [4.78, 5) is 14.0. The average molecular weight is 270 g/mol. The minimum absolute atomic E-state index is 0.0323. The molecule has 2 aromatic carbocycles. The molecular formula is C16H18N2O2. The highest BCUT2D eigenvalue weighted by atomic mass is 16.5. The molecule has 0 aliphatic heterocycles. The zero-order chi connectivity index (χ0) is 14.5. The quantitative estimate of drug-likeness (QED) is 0.869. The van der Waals surface area contributed by atoms with Crippen LogP contribution in [0.5, 0.6) is 5.75 Å². The number of carbonyl (C=O) groups excluding carboxylic acids is 1. The molecule has 4 heteroatoms. The third kappa shape index (κ3) is 3.29. The van der Waals surface area contributed by atoms with Crippen molar-refractivity contribution >= 4 is 11.6 Å². The van der Waals surface area contributed by atoms with E-state index < -0.39 is 0 Å². The lowest BCUT2D eigenvalue weighted by molar-refractivity contribution is 0.0785. The number of carbonyl (C=O) groups is 1. The Morgan fingerprint density at radius 1 is 1.20 bits per heavy atom. The molecule has 0 aliphatic rings. The summed E-state index contributed by atoms with van der Waals surface area (Å²) in [6.07, 6.45) is 0. The molecule has 1 amide bonds. The van der Waals surface area contributed by atoms with Crippen molar-refractivity contribution in [1.29, 1.82) is 0 Å². The highest BCUT2D eigenvalue weighted by molar-refractivity contribution is 5.94. The Balaban J connectivity index is 2.07. The van der Waals surface area contributed by atoms with Crippen LogP contribution < -0.4 is 10.5 Å². The smallest absolute Gasteiger partial charge is 0.253 e. The van der Waals surface area contributed by atoms with Crippen molar-refractivity contribution in [3.8, 4) is 5.75 Å². The summed E-state index contributed by atoms with van der Waals surface area (Å²) in [5.41, 5.74) is 8.08. The maximum atomic E-state index is 12.3. The largest absolute Gasteiger partial charge is 0.497 e. The molecule has 2 rings (SSSR count). The summed E-state index contributed by atoms with van der Waals surface area (Å²) < 4.78 is 5.08. The molecule has 0 saturated heterocycles. The molecule has 2 N–H and O–H groups in total. The first kappa shape index (κ1) is 13.9. The van der Waals surface area contributed by atoms with Gasteiger partial charge in [-0.05, 0) is 42.0 Å². The Bertz CT molecular complexity index is 594. The van der Waals surface area contributed by atoms with E-state index in [2.05, 4.69) is 0 Å². The van der Waals surface area contributed by atoms with Gasteiger partial charge in [-0.2, -0.15) is 0 Å². The van der Waals surface area contributed by atoms with Crippen LogP contribution in [0.25, 0.3) is 0 Å². The Morgan fingerprint density at radius 3 is 2.50 bits per heavy atom. The molecule has 0 atom stereocenters. The Hall–Kier alpha value is -2.49. The molecular weight excluding hydrogens is 252 g/mol. The molecule has 0 radical (unpaired) electrons. The number of hydrogen-bond donors (Lipinski definition) is 1. The molecule has 2 aromatic rings. The fourth-order valence-electron chi connectivity index (χ4n) is 1.99. The van der Waals surface area contributed by atoms with Gasteiger partial charge in [-0.1, -0.05) is 12.1 Å². The van der Waals surface area contributed by atoms with Crippen LogP contribution in [0, 0.1) is 0 Å². The molecule has 104 valence electrons. The minimum atomic E-state index is -0.0323. The van der Waals surface area contributed by atoms with Gasteiger partial charge in [0.1, 0.15) is 5.75 Å². The lowest BCUT2D eigenvalue weighted by Gasteiger charge is -2.17. The van der Waals surface area contributed by atoms with Gasteiger partial charge < -0.3 is 15.4 Å². The summed E-state index contributed by atoms with van der Waals surface area (Å²) in [6, 6.07) is 14.6. The number of amides is 1. The van der Waals surface area contributed by atoms with E-state index in [0.29, 0.717) is 17.8 Å². The van der Waals surface area contributed by atoms with Gasteiger partial charge in [-0.3, -0.25) is 4.79 Å². The van der Waals surface area contributed by atoms with E-state index in [1.807, 2.05) is 24.3 Å². The number of benzene rings is 2. The number of nitrogen functional groups attached to an aromatic ring is 1. The van der Waals surface area contributed by atoms with Crippen molar-refractivity contribution in [3.05, 3.63) is 59.7 Å². The second-order valence-electron chi connectivity index (χ2n) is 4.63. The van der Waals surface area contributed by atoms with E-state index in [-0.39, 0.29) is 5.91 Å². The second-order valence-corrected chi connectivity index (χ2v) is 4.63. The number of rotatable bonds is 4. The van der Waals surface area contributed by atoms with E-state index in [4.69, 9.17) is 10.5 Å². The highest BCUT2D eigenvalue weighted by Gasteiger charge is 2.12. The summed E-state index contributed by atoms with van der Waals surface area (Å²) in [5, 5.41) is 0. The number of hydrogen-bond acceptors (Lipinski definition) is 3. The minimum Gasteiger partial charge on any atom is -0.497 e. The lowest BCUT2D eigenvalue weighted by atomic mass is 10.1. The van der Waals surface area contributed by atoms with Gasteiger partial charge in [0.2, 0.25) is 0 Å². The van der Waals surface area contributed by atoms with Gasteiger partial charge >= 0.3 is 0 Å². The van der Waals surface area contributed by atoms with Crippen LogP contribution in [-0.2, 0) is 6.54 Å². The van der Waals surface area contributed by atoms with Crippen molar-refractivity contribution in [1.82, 2.24) is 4.90 Å². The van der Waals surface area contributed by atoms with Crippen LogP contribution in [0.15, 0.2) is 48.5 Å². The van der Waals surface area contributed by atoms with Crippen LogP contribution >= 0.6 is 0 Å². The second kappa shape index (κ2) is 6.10. The zero-order valence-corrected chi connectivity index (χ0v) is 11.7. The van der Waals surface area contributed by atoms with Gasteiger partial charge in [-0.15, -0.1) is 0 Å². The van der Waals surface area contributed by atoms with Gasteiger partial charge in [0, 0.05) is 24.8 Å². The first-order valence-electron chi connectivity index (χ1n) is 6.34. The fourth-order valence-corrected chi connectivity index (χ4v) is 1.99. The van der Waals surface area contributed by atoms with Crippen molar-refractivity contribution in [2.45, 2.75) is 6.54 Å². The van der Waals surface area contributed by atoms with Crippen LogP contribution in [0.4, 0.5) is 5.69 Å². The van der Waals surface area contributed by atoms with Crippen LogP contribution in [0.2, 0.25) is 0 Å². The molecule has 0 fully saturated rings. The van der Waals surface area contributed by atoms with Crippen LogP contribution in [0.1, 0.15) is 15.9 Å². The molecule has 0 spiro atoms. The Labute approximate surface area is 118 Å². The molecule has 0 aromatic heterocycles. The molecule has 4 nitrogen and oxygen atoms in total. The van der Waals surface area contributed by atoms with Crippen molar-refractivity contribution < 1.29 is 9.53 Å². The predicted octanol–water partition coefficient (Wildman–Crippen LogP) is 2.55. The lowest BCUT2D eigenvalue weighted by Crippen LogP contribution is -2.26. The Kier molecular flexibility index (Phi) is 4.25. The summed E-state index contributed by atoms with van der Waals surface area (Å²) in [7, 11) is 3.37. The van der Waals surface area contributed by atoms with Gasteiger partial charge in [0.05, 0.1) is 7.11 Å². The summed E-state index contributed by atoms with van der Waals surface area (Å²) in [5.74, 6) is 0.704. The number of ether oxygens (including phenoxy) is 1. The van der Waals surface area contributed by atoms with E-state index in [0.717, 1.165) is 11.3 Å². The monoisotopic (exact) mass is 270 g/mol. The predicted molar refractivity (Wildman–Crippen MR) is 79.6 cm³/mol. The molecule has 0 aliphatic carbocycles. The van der Waals surface area contributed by atoms with Gasteiger partial charge in [0.25, 0.3) is 5.91 Å². The maximum absolute atomic E-state index is 12.3. The van der Waals surface area contributed by atoms with E-state index >= 15 is 0 Å². The van der Waals surface area contributed by atoms with Gasteiger partial charge in [0.15, 0.2) is 0 Å². The first-order chi connectivity index (χ1) is 9.60. The van der Waals surface area contributed by atoms with Gasteiger partial charge in [-0.25, -0.2) is 0 Å². The van der Waals surface area contributed by atoms with E-state index in [1.54, 1.807) is 43.3 Å². The third-order valence-electron chi connectivity index (χ3n) is 3.05. The number of anilines is 1. The standard InChI is InChI=1S/C16H18N2O2/c1-18(11-12-4-3-5-14(17)10-12)16(19)13-6-8-15(20-2)9-7-13/h3-10H,11,17H2,1-2H3. The van der Waals surface area contributed by atoms with Crippen LogP contribution in [0.3, 0.4) is 0 Å². The maximum Gasteiger partial charge on any atom is 0.253 e. The zero-order valence-electron chi connectivity index (χ0n) is 11.7. The molecule has 0 saturated carbocycles. The van der Waals surface area contributed by atoms with E-state index in [1.165, 1.54) is 0 Å². The SMILES string of the molecule is COc1ccc(C(=O)N(C)Cc2cccc(N)c2)cc1. The third-order valence-corrected chi connectivity index (χ3v) is 3.05. The van der Waals surface area contributed by atoms with Crippen molar-refractivity contribution in [2.75, 3.05) is 19.9 Å². The topological polar surface area (TPSA) is 55.6 Å². The number of nitrogens with two attached hydrogens (primary N) is 1. The molecule has 20 heavy (non-hydrogen) atoms. The average Bonchev–Trinajstić information content (AvgIpc) is 2.46. The fraction of sp³-hybridized carbons (Fsp3) is 0.188. The Morgan fingerprint density at radius 2 is 1.90 bits per heavy atom. The van der Waals surface area contributed by atoms with Crippen LogP contribution in [-0.4, -0.2) is 25.0 Å². The molecule has 0 heterocycles. The summed E-state index contributed by atoms with van der Waals surface area (Å²) >= 11 is 0. The normalized spacial score (nSPS) is 10.1. The van der Waals surface area contributed by atoms with Crippen molar-refractivity contribution in [3.63, 3.8) is 0 Å². The molecule has 0 unspecified atom stereocenters. The molecule has 0 bridgehead atoms. The number of methoxy groups -OCH3 is 1. The highest BCUT2D eigenvalue weighted by Crippen LogP contribution is 2.14. The number of nitrogens with zero attached hydrogens (tertiary/aromatic N) is 1. The van der Waals surface area contributed by atoms with Crippen molar-refractivity contribution in [2.24, 2.45) is 0 Å². The summed E-state index contributed by atoms with van der Waals surface area (Å²) in [6.45, 7) is 0.524. The van der Waals surface area contributed by atoms with E-state index in [9.17, 15) is 4.79 Å². The first-order valence-corrected chi connectivity index (χ1v) is 6.34.